The maximum Gasteiger partial charge on any atom is 0.431 e. The number of benzene rings is 2. The first-order chi connectivity index (χ1) is 13.7. The minimum absolute atomic E-state index is 0.108. The molecule has 4 aromatic rings. The highest BCUT2D eigenvalue weighted by Crippen LogP contribution is 2.33. The van der Waals surface area contributed by atoms with Crippen molar-refractivity contribution in [2.45, 2.75) is 6.18 Å². The second kappa shape index (κ2) is 6.59. The normalized spacial score (nSPS) is 11.9. The van der Waals surface area contributed by atoms with Gasteiger partial charge in [-0.05, 0) is 41.9 Å². The van der Waals surface area contributed by atoms with E-state index in [-0.39, 0.29) is 11.4 Å². The van der Waals surface area contributed by atoms with Crippen molar-refractivity contribution in [2.75, 3.05) is 0 Å². The third-order valence-corrected chi connectivity index (χ3v) is 5.26. The lowest BCUT2D eigenvalue weighted by molar-refractivity contribution is -0.144. The smallest absolute Gasteiger partial charge is 0.292 e. The van der Waals surface area contributed by atoms with Crippen LogP contribution in [0.25, 0.3) is 27.0 Å². The third-order valence-electron chi connectivity index (χ3n) is 4.43. The summed E-state index contributed by atoms with van der Waals surface area (Å²) in [6.07, 6.45) is -4.83. The lowest BCUT2D eigenvalue weighted by Gasteiger charge is -2.14. The van der Waals surface area contributed by atoms with E-state index in [9.17, 15) is 27.9 Å². The number of rotatable bonds is 2. The molecule has 29 heavy (non-hydrogen) atoms. The summed E-state index contributed by atoms with van der Waals surface area (Å²) in [6.45, 7) is 0. The highest BCUT2D eigenvalue weighted by molar-refractivity contribution is 7.13. The molecule has 0 amide bonds. The summed E-state index contributed by atoms with van der Waals surface area (Å²) in [6, 6.07) is 11.1. The van der Waals surface area contributed by atoms with E-state index in [2.05, 4.69) is 4.37 Å². The van der Waals surface area contributed by atoms with Gasteiger partial charge in [0.1, 0.15) is 5.69 Å². The van der Waals surface area contributed by atoms with Gasteiger partial charge in [-0.15, -0.1) is 0 Å². The quantitative estimate of drug-likeness (QED) is 0.494. The second-order valence-corrected chi connectivity index (χ2v) is 7.09. The van der Waals surface area contributed by atoms with Crippen molar-refractivity contribution in [3.63, 3.8) is 0 Å². The summed E-state index contributed by atoms with van der Waals surface area (Å²) in [4.78, 5) is 24.8. The SMILES string of the molecule is Cn1c(C(F)(F)F)cc(=O)n(-c2ccc3snc(-c4cccc([O])c4)c3c2)c1=O. The lowest BCUT2D eigenvalue weighted by atomic mass is 10.1. The van der Waals surface area contributed by atoms with Crippen LogP contribution in [0.5, 0.6) is 5.75 Å². The number of hydrogen-bond acceptors (Lipinski definition) is 4. The van der Waals surface area contributed by atoms with Crippen LogP contribution in [0.4, 0.5) is 13.2 Å². The van der Waals surface area contributed by atoms with Gasteiger partial charge in [0.2, 0.25) is 0 Å². The van der Waals surface area contributed by atoms with E-state index in [0.29, 0.717) is 31.8 Å². The van der Waals surface area contributed by atoms with E-state index in [1.807, 2.05) is 0 Å². The van der Waals surface area contributed by atoms with Crippen LogP contribution in [-0.2, 0) is 18.3 Å². The molecule has 0 aliphatic rings. The number of aromatic nitrogens is 3. The molecule has 10 heteroatoms. The molecule has 147 valence electrons. The molecular formula is C19H11F3N3O3S. The topological polar surface area (TPSA) is 76.8 Å². The molecule has 0 saturated carbocycles. The Morgan fingerprint density at radius 2 is 1.79 bits per heavy atom. The number of alkyl halides is 3. The molecule has 4 rings (SSSR count). The van der Waals surface area contributed by atoms with Gasteiger partial charge in [0, 0.05) is 24.1 Å². The van der Waals surface area contributed by atoms with E-state index in [1.54, 1.807) is 18.2 Å². The van der Waals surface area contributed by atoms with Gasteiger partial charge in [-0.3, -0.25) is 14.5 Å². The van der Waals surface area contributed by atoms with Crippen LogP contribution in [0.15, 0.2) is 58.1 Å². The fourth-order valence-corrected chi connectivity index (χ4v) is 3.83. The average Bonchev–Trinajstić information content (AvgIpc) is 3.07. The molecule has 2 heterocycles. The van der Waals surface area contributed by atoms with Crippen LogP contribution < -0.4 is 11.2 Å². The Labute approximate surface area is 164 Å². The Morgan fingerprint density at radius 3 is 2.48 bits per heavy atom. The van der Waals surface area contributed by atoms with Gasteiger partial charge in [0.05, 0.1) is 16.1 Å². The monoisotopic (exact) mass is 418 g/mol. The Hall–Kier alpha value is -3.40. The highest BCUT2D eigenvalue weighted by Gasteiger charge is 2.35. The molecule has 0 unspecified atom stereocenters. The van der Waals surface area contributed by atoms with Gasteiger partial charge in [-0.2, -0.15) is 17.5 Å². The molecule has 2 aromatic carbocycles. The van der Waals surface area contributed by atoms with Crippen LogP contribution in [0, 0.1) is 0 Å². The van der Waals surface area contributed by atoms with E-state index in [0.717, 1.165) is 23.3 Å². The molecular weight excluding hydrogens is 407 g/mol. The van der Waals surface area contributed by atoms with Gasteiger partial charge in [-0.25, -0.2) is 9.36 Å². The van der Waals surface area contributed by atoms with Crippen LogP contribution in [-0.4, -0.2) is 13.5 Å². The second-order valence-electron chi connectivity index (χ2n) is 6.28. The number of fused-ring (bicyclic) bond motifs is 1. The largest absolute Gasteiger partial charge is 0.431 e. The number of hydrogen-bond donors (Lipinski definition) is 0. The molecule has 0 fully saturated rings. The molecule has 0 aliphatic heterocycles. The van der Waals surface area contributed by atoms with Crippen molar-refractivity contribution in [2.24, 2.45) is 7.05 Å². The Kier molecular flexibility index (Phi) is 4.30. The summed E-state index contributed by atoms with van der Waals surface area (Å²) in [5, 5.41) is 12.2. The minimum atomic E-state index is -4.83. The molecule has 0 spiro atoms. The number of halogens is 3. The summed E-state index contributed by atoms with van der Waals surface area (Å²) in [5.41, 5.74) is -2.37. The first kappa shape index (κ1) is 18.9. The third kappa shape index (κ3) is 3.21. The maximum atomic E-state index is 13.0. The van der Waals surface area contributed by atoms with Crippen molar-refractivity contribution in [3.8, 4) is 22.7 Å². The molecule has 2 aromatic heterocycles. The van der Waals surface area contributed by atoms with Crippen molar-refractivity contribution in [1.82, 2.24) is 13.5 Å². The number of nitrogens with zero attached hydrogens (tertiary/aromatic N) is 3. The van der Waals surface area contributed by atoms with Crippen molar-refractivity contribution < 1.29 is 18.3 Å². The Balaban J connectivity index is 1.95. The molecule has 0 saturated heterocycles. The fraction of sp³-hybridized carbons (Fsp3) is 0.105. The standard InChI is InChI=1S/C19H11F3N3O3S/c1-24-15(19(20,21)22)9-16(27)25(18(24)28)11-5-6-14-13(8-11)17(23-29-14)10-3-2-4-12(26)7-10/h2-9H,1H3. The molecule has 0 atom stereocenters. The van der Waals surface area contributed by atoms with Gasteiger partial charge >= 0.3 is 11.9 Å². The predicted molar refractivity (Wildman–Crippen MR) is 101 cm³/mol. The Morgan fingerprint density at radius 1 is 1.03 bits per heavy atom. The van der Waals surface area contributed by atoms with E-state index in [4.69, 9.17) is 0 Å². The summed E-state index contributed by atoms with van der Waals surface area (Å²) in [5.74, 6) is -0.201. The summed E-state index contributed by atoms with van der Waals surface area (Å²) >= 11 is 1.16. The summed E-state index contributed by atoms with van der Waals surface area (Å²) < 4.78 is 45.2. The van der Waals surface area contributed by atoms with E-state index in [1.165, 1.54) is 24.3 Å². The Bertz CT molecular complexity index is 1370. The van der Waals surface area contributed by atoms with E-state index >= 15 is 0 Å². The minimum Gasteiger partial charge on any atom is -0.292 e. The maximum absolute atomic E-state index is 13.0. The highest BCUT2D eigenvalue weighted by atomic mass is 32.1. The average molecular weight is 418 g/mol. The van der Waals surface area contributed by atoms with Crippen molar-refractivity contribution in [3.05, 3.63) is 75.1 Å². The van der Waals surface area contributed by atoms with Crippen molar-refractivity contribution >= 4 is 21.6 Å². The molecule has 0 N–H and O–H groups in total. The van der Waals surface area contributed by atoms with Gasteiger partial charge < -0.3 is 0 Å². The molecule has 1 radical (unpaired) electrons. The fourth-order valence-electron chi connectivity index (χ4n) is 3.05. The molecule has 0 aliphatic carbocycles. The molecule has 0 bridgehead atoms. The van der Waals surface area contributed by atoms with Gasteiger partial charge in [-0.1, -0.05) is 12.1 Å². The van der Waals surface area contributed by atoms with Crippen LogP contribution in [0.2, 0.25) is 0 Å². The predicted octanol–water partition coefficient (Wildman–Crippen LogP) is 3.98. The summed E-state index contributed by atoms with van der Waals surface area (Å²) in [7, 11) is 0.955. The van der Waals surface area contributed by atoms with Gasteiger partial charge in [0.15, 0.2) is 5.75 Å². The lowest BCUT2D eigenvalue weighted by Crippen LogP contribution is -2.40. The van der Waals surface area contributed by atoms with Crippen LogP contribution in [0.3, 0.4) is 0 Å². The zero-order chi connectivity index (χ0) is 20.9. The van der Waals surface area contributed by atoms with Crippen LogP contribution >= 0.6 is 11.5 Å². The zero-order valence-corrected chi connectivity index (χ0v) is 15.5. The van der Waals surface area contributed by atoms with Crippen LogP contribution in [0.1, 0.15) is 5.69 Å². The first-order valence-electron chi connectivity index (χ1n) is 8.24. The first-order valence-corrected chi connectivity index (χ1v) is 9.02. The zero-order valence-electron chi connectivity index (χ0n) is 14.7. The van der Waals surface area contributed by atoms with E-state index < -0.39 is 23.1 Å². The van der Waals surface area contributed by atoms with Gasteiger partial charge in [0.25, 0.3) is 5.56 Å². The van der Waals surface area contributed by atoms with Crippen molar-refractivity contribution in [1.29, 1.82) is 0 Å². The molecule has 6 nitrogen and oxygen atoms in total.